The summed E-state index contributed by atoms with van der Waals surface area (Å²) in [5.74, 6) is -0.225. The van der Waals surface area contributed by atoms with Gasteiger partial charge in [0.1, 0.15) is 5.75 Å². The number of Topliss-reactive ketones (excluding diaryl/α,β-unsaturated/α-hetero) is 1. The van der Waals surface area contributed by atoms with E-state index in [2.05, 4.69) is 10.3 Å². The van der Waals surface area contributed by atoms with Gasteiger partial charge >= 0.3 is 5.97 Å². The number of benzene rings is 2. The van der Waals surface area contributed by atoms with Crippen LogP contribution in [0, 0.1) is 0 Å². The molecule has 8 heteroatoms. The van der Waals surface area contributed by atoms with E-state index in [9.17, 15) is 9.59 Å². The van der Waals surface area contributed by atoms with Crippen LogP contribution in [0.15, 0.2) is 53.9 Å². The summed E-state index contributed by atoms with van der Waals surface area (Å²) in [6, 6.07) is 13.7. The summed E-state index contributed by atoms with van der Waals surface area (Å²) in [6.07, 6.45) is 0. The van der Waals surface area contributed by atoms with Gasteiger partial charge in [-0.1, -0.05) is 11.6 Å². The Morgan fingerprint density at radius 3 is 2.48 bits per heavy atom. The van der Waals surface area contributed by atoms with Gasteiger partial charge < -0.3 is 14.8 Å². The number of ether oxygens (including phenoxy) is 2. The lowest BCUT2D eigenvalue weighted by molar-refractivity contribution is 0.0470. The molecule has 0 saturated carbocycles. The second-order valence-corrected chi connectivity index (χ2v) is 6.69. The van der Waals surface area contributed by atoms with Gasteiger partial charge in [-0.05, 0) is 48.5 Å². The quantitative estimate of drug-likeness (QED) is 0.460. The smallest absolute Gasteiger partial charge is 0.358 e. The highest BCUT2D eigenvalue weighted by Crippen LogP contribution is 2.23. The first-order valence-corrected chi connectivity index (χ1v) is 9.13. The number of aromatic nitrogens is 1. The molecule has 3 aromatic rings. The lowest BCUT2D eigenvalue weighted by atomic mass is 10.1. The molecule has 1 aromatic heterocycles. The summed E-state index contributed by atoms with van der Waals surface area (Å²) < 4.78 is 10.1. The molecular formula is C19H15ClN2O4S. The minimum absolute atomic E-state index is 0.139. The maximum Gasteiger partial charge on any atom is 0.358 e. The highest BCUT2D eigenvalue weighted by atomic mass is 35.5. The van der Waals surface area contributed by atoms with Crippen LogP contribution >= 0.6 is 22.9 Å². The Kier molecular flexibility index (Phi) is 6.05. The molecule has 0 spiro atoms. The van der Waals surface area contributed by atoms with Crippen molar-refractivity contribution in [3.63, 3.8) is 0 Å². The average Bonchev–Trinajstić information content (AvgIpc) is 3.15. The van der Waals surface area contributed by atoms with E-state index in [1.807, 2.05) is 24.3 Å². The zero-order valence-corrected chi connectivity index (χ0v) is 15.8. The number of esters is 1. The van der Waals surface area contributed by atoms with E-state index in [0.717, 1.165) is 11.4 Å². The van der Waals surface area contributed by atoms with E-state index in [1.165, 1.54) is 11.3 Å². The molecule has 0 aliphatic carbocycles. The largest absolute Gasteiger partial charge is 0.497 e. The second-order valence-electron chi connectivity index (χ2n) is 5.40. The Morgan fingerprint density at radius 1 is 1.11 bits per heavy atom. The second kappa shape index (κ2) is 8.66. The zero-order chi connectivity index (χ0) is 19.2. The highest BCUT2D eigenvalue weighted by molar-refractivity contribution is 7.14. The van der Waals surface area contributed by atoms with Crippen molar-refractivity contribution >= 4 is 45.5 Å². The van der Waals surface area contributed by atoms with Gasteiger partial charge in [-0.25, -0.2) is 9.78 Å². The fourth-order valence-electron chi connectivity index (χ4n) is 2.15. The molecule has 138 valence electrons. The Morgan fingerprint density at radius 2 is 1.81 bits per heavy atom. The van der Waals surface area contributed by atoms with E-state index in [1.54, 1.807) is 36.8 Å². The minimum atomic E-state index is -0.656. The Balaban J connectivity index is 1.56. The van der Waals surface area contributed by atoms with Crippen molar-refractivity contribution in [1.82, 2.24) is 4.98 Å². The fraction of sp³-hybridized carbons (Fsp3) is 0.105. The van der Waals surface area contributed by atoms with E-state index < -0.39 is 5.97 Å². The number of nitrogens with zero attached hydrogens (tertiary/aromatic N) is 1. The molecule has 0 bridgehead atoms. The SMILES string of the molecule is COc1ccc(Nc2nc(C(=O)OCC(=O)c3ccc(Cl)cc3)cs2)cc1. The summed E-state index contributed by atoms with van der Waals surface area (Å²) in [4.78, 5) is 28.3. The fourth-order valence-corrected chi connectivity index (χ4v) is 2.97. The van der Waals surface area contributed by atoms with E-state index in [0.29, 0.717) is 15.7 Å². The van der Waals surface area contributed by atoms with Crippen LogP contribution in [0.5, 0.6) is 5.75 Å². The molecule has 0 radical (unpaired) electrons. The van der Waals surface area contributed by atoms with Gasteiger partial charge in [0.2, 0.25) is 0 Å². The minimum Gasteiger partial charge on any atom is -0.497 e. The van der Waals surface area contributed by atoms with E-state index in [-0.39, 0.29) is 18.1 Å². The monoisotopic (exact) mass is 402 g/mol. The molecular weight excluding hydrogens is 388 g/mol. The lowest BCUT2D eigenvalue weighted by Crippen LogP contribution is -2.14. The number of ketones is 1. The molecule has 2 aromatic carbocycles. The number of halogens is 1. The molecule has 0 atom stereocenters. The Hall–Kier alpha value is -2.90. The summed E-state index contributed by atoms with van der Waals surface area (Å²) in [5.41, 5.74) is 1.37. The van der Waals surface area contributed by atoms with Crippen molar-refractivity contribution in [3.05, 3.63) is 70.2 Å². The highest BCUT2D eigenvalue weighted by Gasteiger charge is 2.15. The number of anilines is 2. The number of hydrogen-bond acceptors (Lipinski definition) is 7. The number of hydrogen-bond donors (Lipinski definition) is 1. The van der Waals surface area contributed by atoms with Crippen molar-refractivity contribution in [2.75, 3.05) is 19.0 Å². The molecule has 0 fully saturated rings. The number of methoxy groups -OCH3 is 1. The average molecular weight is 403 g/mol. The topological polar surface area (TPSA) is 77.5 Å². The number of rotatable bonds is 7. The summed E-state index contributed by atoms with van der Waals surface area (Å²) >= 11 is 7.04. The van der Waals surface area contributed by atoms with Crippen LogP contribution in [0.4, 0.5) is 10.8 Å². The van der Waals surface area contributed by atoms with Crippen molar-refractivity contribution in [2.24, 2.45) is 0 Å². The van der Waals surface area contributed by atoms with Crippen LogP contribution < -0.4 is 10.1 Å². The third-order valence-corrected chi connectivity index (χ3v) is 4.56. The van der Waals surface area contributed by atoms with Crippen LogP contribution in [0.25, 0.3) is 0 Å². The van der Waals surface area contributed by atoms with Crippen LogP contribution in [0.3, 0.4) is 0 Å². The van der Waals surface area contributed by atoms with Gasteiger partial charge in [0.15, 0.2) is 23.2 Å². The molecule has 1 N–H and O–H groups in total. The normalized spacial score (nSPS) is 10.3. The Labute approximate surface area is 164 Å². The molecule has 3 rings (SSSR count). The predicted octanol–water partition coefficient (Wildman–Crippen LogP) is 4.59. The molecule has 0 amide bonds. The maximum atomic E-state index is 12.1. The van der Waals surface area contributed by atoms with Crippen LogP contribution in [-0.4, -0.2) is 30.5 Å². The van der Waals surface area contributed by atoms with Crippen LogP contribution in [0.2, 0.25) is 5.02 Å². The number of carbonyl (C=O) groups excluding carboxylic acids is 2. The van der Waals surface area contributed by atoms with Crippen molar-refractivity contribution in [2.45, 2.75) is 0 Å². The number of thiazole rings is 1. The third-order valence-electron chi connectivity index (χ3n) is 3.56. The summed E-state index contributed by atoms with van der Waals surface area (Å²) in [7, 11) is 1.60. The molecule has 0 unspecified atom stereocenters. The summed E-state index contributed by atoms with van der Waals surface area (Å²) in [6.45, 7) is -0.362. The maximum absolute atomic E-state index is 12.1. The third kappa shape index (κ3) is 5.06. The predicted molar refractivity (Wildman–Crippen MR) is 104 cm³/mol. The van der Waals surface area contributed by atoms with E-state index in [4.69, 9.17) is 21.1 Å². The first-order valence-electron chi connectivity index (χ1n) is 7.87. The van der Waals surface area contributed by atoms with Crippen LogP contribution in [-0.2, 0) is 4.74 Å². The van der Waals surface area contributed by atoms with Gasteiger partial charge in [0.25, 0.3) is 0 Å². The molecule has 0 aliphatic heterocycles. The molecule has 0 aliphatic rings. The molecule has 1 heterocycles. The number of carbonyl (C=O) groups is 2. The lowest BCUT2D eigenvalue weighted by Gasteiger charge is -2.04. The Bertz CT molecular complexity index is 939. The van der Waals surface area contributed by atoms with Gasteiger partial charge in [0.05, 0.1) is 7.11 Å². The van der Waals surface area contributed by atoms with Crippen molar-refractivity contribution in [3.8, 4) is 5.75 Å². The number of nitrogens with one attached hydrogen (secondary N) is 1. The summed E-state index contributed by atoms with van der Waals surface area (Å²) in [5, 5.41) is 5.73. The van der Waals surface area contributed by atoms with Crippen LogP contribution in [0.1, 0.15) is 20.8 Å². The van der Waals surface area contributed by atoms with Gasteiger partial charge in [-0.2, -0.15) is 0 Å². The van der Waals surface area contributed by atoms with Crippen molar-refractivity contribution < 1.29 is 19.1 Å². The molecule has 27 heavy (non-hydrogen) atoms. The molecule has 0 saturated heterocycles. The van der Waals surface area contributed by atoms with E-state index >= 15 is 0 Å². The van der Waals surface area contributed by atoms with Gasteiger partial charge in [-0.3, -0.25) is 4.79 Å². The first-order chi connectivity index (χ1) is 13.0. The zero-order valence-electron chi connectivity index (χ0n) is 14.3. The van der Waals surface area contributed by atoms with Crippen molar-refractivity contribution in [1.29, 1.82) is 0 Å². The first kappa shape index (κ1) is 18.9. The van der Waals surface area contributed by atoms with Gasteiger partial charge in [0, 0.05) is 21.7 Å². The van der Waals surface area contributed by atoms with Gasteiger partial charge in [-0.15, -0.1) is 11.3 Å². The molecule has 6 nitrogen and oxygen atoms in total. The standard InChI is InChI=1S/C19H15ClN2O4S/c1-25-15-8-6-14(7-9-15)21-19-22-16(11-27-19)18(24)26-10-17(23)12-2-4-13(20)5-3-12/h2-9,11H,10H2,1H3,(H,21,22).